The predicted octanol–water partition coefficient (Wildman–Crippen LogP) is 9.93. The summed E-state index contributed by atoms with van der Waals surface area (Å²) in [5.74, 6) is 0. The lowest BCUT2D eigenvalue weighted by Crippen LogP contribution is -1.92. The van der Waals surface area contributed by atoms with E-state index in [1.165, 1.54) is 12.1 Å². The lowest BCUT2D eigenvalue weighted by molar-refractivity contribution is -0.385. The zero-order valence-electron chi connectivity index (χ0n) is 28.2. The van der Waals surface area contributed by atoms with E-state index in [0.29, 0.717) is 56.1 Å². The third kappa shape index (κ3) is 5.69. The molecule has 0 spiro atoms. The largest absolute Gasteiger partial charge is 0.354 e. The maximum absolute atomic E-state index is 11.9. The van der Waals surface area contributed by atoms with Crippen LogP contribution in [0.15, 0.2) is 122 Å². The van der Waals surface area contributed by atoms with Gasteiger partial charge >= 0.3 is 0 Å². The Morgan fingerprint density at radius 1 is 0.426 bits per heavy atom. The van der Waals surface area contributed by atoms with E-state index in [1.54, 1.807) is 49.1 Å². The quantitative estimate of drug-likeness (QED) is 0.127. The van der Waals surface area contributed by atoms with Crippen molar-refractivity contribution in [1.82, 2.24) is 29.9 Å². The summed E-state index contributed by atoms with van der Waals surface area (Å²) in [4.78, 5) is 49.0. The van der Waals surface area contributed by atoms with Gasteiger partial charge in [0, 0.05) is 93.4 Å². The fourth-order valence-electron chi connectivity index (χ4n) is 7.01. The number of H-pyrrole nitrogens is 2. The van der Waals surface area contributed by atoms with Crippen molar-refractivity contribution < 1.29 is 9.85 Å². The number of nitrogens with zero attached hydrogens (tertiary/aromatic N) is 6. The molecule has 54 heavy (non-hydrogen) atoms. The number of benzene rings is 2. The maximum Gasteiger partial charge on any atom is 0.270 e. The highest BCUT2D eigenvalue weighted by molar-refractivity contribution is 6.00. The molecule has 8 bridgehead atoms. The van der Waals surface area contributed by atoms with Crippen molar-refractivity contribution in [2.45, 2.75) is 0 Å². The molecule has 9 rings (SSSR count). The molecule has 0 radical (unpaired) electrons. The van der Waals surface area contributed by atoms with Crippen LogP contribution in [-0.2, 0) is 0 Å². The van der Waals surface area contributed by atoms with Crippen molar-refractivity contribution in [2.24, 2.45) is 0 Å². The van der Waals surface area contributed by atoms with Crippen LogP contribution < -0.4 is 0 Å². The second-order valence-electron chi connectivity index (χ2n) is 12.6. The van der Waals surface area contributed by atoms with Crippen LogP contribution in [0.2, 0.25) is 0 Å². The molecule has 0 unspecified atom stereocenters. The second-order valence-corrected chi connectivity index (χ2v) is 12.6. The number of hydrogen-bond acceptors (Lipinski definition) is 8. The molecule has 2 aromatic carbocycles. The minimum Gasteiger partial charge on any atom is -0.354 e. The number of nitro groups is 2. The summed E-state index contributed by atoms with van der Waals surface area (Å²) < 4.78 is 0. The van der Waals surface area contributed by atoms with Crippen LogP contribution in [0, 0.1) is 20.2 Å². The van der Waals surface area contributed by atoms with E-state index in [4.69, 9.17) is 9.97 Å². The molecule has 0 saturated carbocycles. The van der Waals surface area contributed by atoms with E-state index < -0.39 is 9.85 Å². The van der Waals surface area contributed by atoms with Gasteiger partial charge in [0.25, 0.3) is 11.4 Å². The Morgan fingerprint density at radius 2 is 0.796 bits per heavy atom. The smallest absolute Gasteiger partial charge is 0.270 e. The topological polar surface area (TPSA) is 169 Å². The van der Waals surface area contributed by atoms with Gasteiger partial charge in [0.2, 0.25) is 0 Å². The van der Waals surface area contributed by atoms with Gasteiger partial charge in [0.05, 0.1) is 32.6 Å². The van der Waals surface area contributed by atoms with E-state index in [9.17, 15) is 20.2 Å². The van der Waals surface area contributed by atoms with E-state index in [0.717, 1.165) is 33.3 Å². The molecule has 5 aromatic heterocycles. The second kappa shape index (κ2) is 13.0. The van der Waals surface area contributed by atoms with Gasteiger partial charge in [-0.1, -0.05) is 24.3 Å². The molecule has 2 aliphatic heterocycles. The van der Waals surface area contributed by atoms with Gasteiger partial charge in [-0.05, 0) is 95.1 Å². The first-order valence-corrected chi connectivity index (χ1v) is 16.9. The Hall–Kier alpha value is -7.86. The Bertz CT molecular complexity index is 2740. The maximum atomic E-state index is 11.9. The number of nitrogens with one attached hydrogen (secondary N) is 2. The first-order valence-electron chi connectivity index (χ1n) is 16.9. The molecule has 0 atom stereocenters. The molecular formula is C42H26N8O4. The van der Waals surface area contributed by atoms with E-state index in [1.807, 2.05) is 85.0 Å². The highest BCUT2D eigenvalue weighted by Crippen LogP contribution is 2.39. The highest BCUT2D eigenvalue weighted by Gasteiger charge is 2.21. The third-order valence-electron chi connectivity index (χ3n) is 9.38. The van der Waals surface area contributed by atoms with Gasteiger partial charge in [-0.25, -0.2) is 9.97 Å². The van der Waals surface area contributed by atoms with E-state index in [-0.39, 0.29) is 11.4 Å². The zero-order chi connectivity index (χ0) is 36.8. The molecular weight excluding hydrogens is 681 g/mol. The van der Waals surface area contributed by atoms with Gasteiger partial charge in [-0.3, -0.25) is 30.2 Å². The van der Waals surface area contributed by atoms with Gasteiger partial charge in [-0.2, -0.15) is 0 Å². The molecule has 0 amide bonds. The Labute approximate surface area is 306 Å². The van der Waals surface area contributed by atoms with Crippen molar-refractivity contribution >= 4 is 57.7 Å². The number of fused-ring (bicyclic) bond motifs is 8. The van der Waals surface area contributed by atoms with Gasteiger partial charge in [0.15, 0.2) is 0 Å². The van der Waals surface area contributed by atoms with Crippen LogP contribution in [0.5, 0.6) is 0 Å². The first kappa shape index (κ1) is 32.1. The van der Waals surface area contributed by atoms with Crippen LogP contribution in [0.25, 0.3) is 90.9 Å². The molecule has 0 fully saturated rings. The van der Waals surface area contributed by atoms with Crippen molar-refractivity contribution in [1.29, 1.82) is 0 Å². The summed E-state index contributed by atoms with van der Waals surface area (Å²) >= 11 is 0. The Kier molecular flexibility index (Phi) is 7.74. The molecule has 2 N–H and O–H groups in total. The minimum atomic E-state index is -0.408. The number of hydrogen-bond donors (Lipinski definition) is 2. The predicted molar refractivity (Wildman–Crippen MR) is 210 cm³/mol. The van der Waals surface area contributed by atoms with Crippen LogP contribution in [0.4, 0.5) is 11.4 Å². The summed E-state index contributed by atoms with van der Waals surface area (Å²) in [7, 11) is 0. The summed E-state index contributed by atoms with van der Waals surface area (Å²) in [5, 5.41) is 23.8. The molecule has 258 valence electrons. The van der Waals surface area contributed by atoms with Gasteiger partial charge < -0.3 is 9.97 Å². The number of pyridine rings is 2. The number of non-ortho nitro benzene ring substituents is 2. The average molecular weight is 707 g/mol. The molecule has 12 heteroatoms. The summed E-state index contributed by atoms with van der Waals surface area (Å²) in [6.45, 7) is 0. The van der Waals surface area contributed by atoms with Gasteiger partial charge in [0.1, 0.15) is 0 Å². The van der Waals surface area contributed by atoms with Crippen molar-refractivity contribution in [3.63, 3.8) is 0 Å². The number of rotatable bonds is 6. The summed E-state index contributed by atoms with van der Waals surface area (Å²) in [5.41, 5.74) is 11.2. The summed E-state index contributed by atoms with van der Waals surface area (Å²) in [6, 6.07) is 28.5. The molecule has 7 aromatic rings. The van der Waals surface area contributed by atoms with E-state index in [2.05, 4.69) is 19.9 Å². The summed E-state index contributed by atoms with van der Waals surface area (Å²) in [6.07, 6.45) is 14.5. The van der Waals surface area contributed by atoms with Crippen LogP contribution in [-0.4, -0.2) is 39.8 Å². The van der Waals surface area contributed by atoms with Crippen LogP contribution >= 0.6 is 0 Å². The monoisotopic (exact) mass is 706 g/mol. The lowest BCUT2D eigenvalue weighted by atomic mass is 10.0. The first-order chi connectivity index (χ1) is 26.4. The molecule has 2 aliphatic rings. The Balaban J connectivity index is 1.47. The fourth-order valence-corrected chi connectivity index (χ4v) is 7.01. The lowest BCUT2D eigenvalue weighted by Gasteiger charge is -2.07. The van der Waals surface area contributed by atoms with Crippen molar-refractivity contribution in [3.05, 3.63) is 165 Å². The molecule has 12 nitrogen and oxygen atoms in total. The van der Waals surface area contributed by atoms with Crippen molar-refractivity contribution in [3.8, 4) is 44.5 Å². The third-order valence-corrected chi connectivity index (χ3v) is 9.38. The van der Waals surface area contributed by atoms with E-state index >= 15 is 0 Å². The van der Waals surface area contributed by atoms with Crippen LogP contribution in [0.3, 0.4) is 0 Å². The SMILES string of the molecule is O=[N+]([O-])c1cccc(-c2c3nc(c(-c4ccncc4)c4nc(c(-c5cccc([N+](=O)[O-])c5)c5ccc([nH]5)c(-c5ccncc5)c5ccc2[nH]5)C=C4)C=C3)c1. The fraction of sp³-hybridized carbons (Fsp3) is 0. The van der Waals surface area contributed by atoms with Crippen molar-refractivity contribution in [2.75, 3.05) is 0 Å². The number of nitro benzene ring substituents is 2. The number of aromatic amines is 2. The average Bonchev–Trinajstić information content (AvgIpc) is 4.04. The molecule has 0 aliphatic carbocycles. The highest BCUT2D eigenvalue weighted by atomic mass is 16.6. The van der Waals surface area contributed by atoms with Crippen LogP contribution in [0.1, 0.15) is 22.8 Å². The van der Waals surface area contributed by atoms with Gasteiger partial charge in [-0.15, -0.1) is 0 Å². The standard InChI is InChI=1S/C42H26N8O4/c51-49(52)29-5-1-3-27(23-29)41-35-11-7-31(45-35)39(25-15-19-43-20-16-25)33-9-13-37(47-33)42(28-4-2-6-30(24-28)50(53)54)38-14-10-34(48-38)40(26-17-21-44-22-18-26)32-8-12-36(41)46-32/h1-24,45,47H. The molecule has 7 heterocycles. The Morgan fingerprint density at radius 3 is 1.20 bits per heavy atom. The number of aromatic nitrogens is 6. The minimum absolute atomic E-state index is 0.0398. The normalized spacial score (nSPS) is 11.9. The zero-order valence-corrected chi connectivity index (χ0v) is 28.2. The molecule has 0 saturated heterocycles.